The lowest BCUT2D eigenvalue weighted by Gasteiger charge is -2.05. The molecule has 2 aromatic carbocycles. The van der Waals surface area contributed by atoms with Crippen LogP contribution >= 0.6 is 34.7 Å². The molecule has 0 aliphatic rings. The van der Waals surface area contributed by atoms with E-state index in [0.717, 1.165) is 15.5 Å². The second-order valence-electron chi connectivity index (χ2n) is 7.42. The smallest absolute Gasteiger partial charge is 0.310 e. The SMILES string of the molecule is CCOC(=O)Cc1c(C(=O)c2ccccc2)sc(SCc2ccc(Cl)cc2)c1-[n+]1ccccc1. The average molecular weight is 509 g/mol. The van der Waals surface area contributed by atoms with Crippen LogP contribution in [0.4, 0.5) is 0 Å². The van der Waals surface area contributed by atoms with Crippen LogP contribution in [0, 0.1) is 0 Å². The van der Waals surface area contributed by atoms with Gasteiger partial charge in [-0.3, -0.25) is 9.59 Å². The molecule has 0 bridgehead atoms. The molecule has 4 nitrogen and oxygen atoms in total. The third kappa shape index (κ3) is 5.76. The molecule has 7 heteroatoms. The van der Waals surface area contributed by atoms with Crippen LogP contribution in [-0.4, -0.2) is 18.4 Å². The Morgan fingerprint density at radius 2 is 1.65 bits per heavy atom. The molecule has 0 aliphatic carbocycles. The van der Waals surface area contributed by atoms with E-state index in [9.17, 15) is 9.59 Å². The number of rotatable bonds is 9. The summed E-state index contributed by atoms with van der Waals surface area (Å²) in [5.74, 6) is 0.256. The van der Waals surface area contributed by atoms with E-state index >= 15 is 0 Å². The number of carbonyl (C=O) groups is 2. The average Bonchev–Trinajstić information content (AvgIpc) is 3.22. The van der Waals surface area contributed by atoms with E-state index in [-0.39, 0.29) is 24.8 Å². The summed E-state index contributed by atoms with van der Waals surface area (Å²) in [5.41, 5.74) is 3.24. The molecule has 0 unspecified atom stereocenters. The van der Waals surface area contributed by atoms with E-state index < -0.39 is 0 Å². The summed E-state index contributed by atoms with van der Waals surface area (Å²) in [7, 11) is 0. The molecule has 2 heterocycles. The van der Waals surface area contributed by atoms with Gasteiger partial charge in [-0.05, 0) is 24.6 Å². The molecule has 0 radical (unpaired) electrons. The van der Waals surface area contributed by atoms with Gasteiger partial charge in [0.15, 0.2) is 12.4 Å². The van der Waals surface area contributed by atoms with Gasteiger partial charge in [-0.2, -0.15) is 4.57 Å². The van der Waals surface area contributed by atoms with Gasteiger partial charge in [0.25, 0.3) is 0 Å². The van der Waals surface area contributed by atoms with Crippen molar-refractivity contribution >= 4 is 46.5 Å². The summed E-state index contributed by atoms with van der Waals surface area (Å²) < 4.78 is 8.18. The standard InChI is InChI=1S/C27H23ClNO3S2/c1-2-32-23(30)17-22-24(29-15-7-4-8-16-29)27(33-18-19-11-13-21(28)14-12-19)34-26(22)25(31)20-9-5-3-6-10-20/h3-16H,2,17-18H2,1H3/q+1. The predicted octanol–water partition coefficient (Wildman–Crippen LogP) is 6.31. The quantitative estimate of drug-likeness (QED) is 0.115. The first kappa shape index (κ1) is 24.2. The zero-order chi connectivity index (χ0) is 23.9. The van der Waals surface area contributed by atoms with E-state index in [2.05, 4.69) is 0 Å². The van der Waals surface area contributed by atoms with Crippen LogP contribution in [0.2, 0.25) is 5.02 Å². The van der Waals surface area contributed by atoms with Crippen LogP contribution < -0.4 is 4.57 Å². The Bertz CT molecular complexity index is 1270. The maximum absolute atomic E-state index is 13.5. The molecular weight excluding hydrogens is 486 g/mol. The molecule has 2 aromatic heterocycles. The fourth-order valence-electron chi connectivity index (χ4n) is 3.49. The highest BCUT2D eigenvalue weighted by Crippen LogP contribution is 2.39. The van der Waals surface area contributed by atoms with Gasteiger partial charge in [0, 0.05) is 28.5 Å². The first-order valence-corrected chi connectivity index (χ1v) is 13.0. The van der Waals surface area contributed by atoms with Crippen molar-refractivity contribution < 1.29 is 18.9 Å². The van der Waals surface area contributed by atoms with Gasteiger partial charge >= 0.3 is 5.97 Å². The Morgan fingerprint density at radius 3 is 2.32 bits per heavy atom. The van der Waals surface area contributed by atoms with Crippen LogP contribution in [0.15, 0.2) is 89.4 Å². The van der Waals surface area contributed by atoms with Crippen LogP contribution in [0.5, 0.6) is 0 Å². The van der Waals surface area contributed by atoms with Gasteiger partial charge in [-0.1, -0.05) is 60.1 Å². The second kappa shape index (κ2) is 11.5. The third-order valence-electron chi connectivity index (χ3n) is 5.07. The number of thioether (sulfide) groups is 1. The van der Waals surface area contributed by atoms with E-state index in [1.54, 1.807) is 30.8 Å². The molecule has 4 aromatic rings. The fraction of sp³-hybridized carbons (Fsp3) is 0.148. The number of aromatic nitrogens is 1. The van der Waals surface area contributed by atoms with Crippen molar-refractivity contribution in [2.45, 2.75) is 23.3 Å². The van der Waals surface area contributed by atoms with Crippen molar-refractivity contribution in [3.63, 3.8) is 0 Å². The number of carbonyl (C=O) groups excluding carboxylic acids is 2. The molecule has 0 aliphatic heterocycles. The minimum atomic E-state index is -0.352. The maximum atomic E-state index is 13.5. The van der Waals surface area contributed by atoms with Gasteiger partial charge in [-0.15, -0.1) is 23.1 Å². The topological polar surface area (TPSA) is 47.3 Å². The van der Waals surface area contributed by atoms with Crippen LogP contribution in [-0.2, 0) is 21.7 Å². The van der Waals surface area contributed by atoms with Crippen LogP contribution in [0.25, 0.3) is 5.69 Å². The van der Waals surface area contributed by atoms with Crippen molar-refractivity contribution in [1.82, 2.24) is 0 Å². The van der Waals surface area contributed by atoms with E-state index in [0.29, 0.717) is 26.8 Å². The number of hydrogen-bond donors (Lipinski definition) is 0. The Balaban J connectivity index is 1.81. The molecule has 0 fully saturated rings. The van der Waals surface area contributed by atoms with E-state index in [1.165, 1.54) is 11.3 Å². The lowest BCUT2D eigenvalue weighted by molar-refractivity contribution is -0.598. The van der Waals surface area contributed by atoms with Crippen molar-refractivity contribution in [3.8, 4) is 5.69 Å². The number of pyridine rings is 1. The van der Waals surface area contributed by atoms with Crippen LogP contribution in [0.1, 0.15) is 33.3 Å². The molecule has 0 N–H and O–H groups in total. The summed E-state index contributed by atoms with van der Waals surface area (Å²) in [6, 6.07) is 22.7. The summed E-state index contributed by atoms with van der Waals surface area (Å²) in [4.78, 5) is 26.7. The summed E-state index contributed by atoms with van der Waals surface area (Å²) in [6.45, 7) is 2.07. The Labute approximate surface area is 212 Å². The Morgan fingerprint density at radius 1 is 0.971 bits per heavy atom. The summed E-state index contributed by atoms with van der Waals surface area (Å²) >= 11 is 9.10. The lowest BCUT2D eigenvalue weighted by atomic mass is 10.0. The van der Waals surface area contributed by atoms with Crippen molar-refractivity contribution in [1.29, 1.82) is 0 Å². The van der Waals surface area contributed by atoms with Crippen molar-refractivity contribution in [2.75, 3.05) is 6.61 Å². The lowest BCUT2D eigenvalue weighted by Crippen LogP contribution is -2.31. The number of thiophene rings is 1. The highest BCUT2D eigenvalue weighted by atomic mass is 35.5. The second-order valence-corrected chi connectivity index (χ2v) is 10.1. The molecule has 0 atom stereocenters. The number of halogens is 1. The molecule has 0 spiro atoms. The maximum Gasteiger partial charge on any atom is 0.310 e. The number of benzene rings is 2. The highest BCUT2D eigenvalue weighted by molar-refractivity contribution is 8.00. The van der Waals surface area contributed by atoms with Crippen LogP contribution in [0.3, 0.4) is 0 Å². The number of hydrogen-bond acceptors (Lipinski definition) is 5. The monoisotopic (exact) mass is 508 g/mol. The molecule has 0 amide bonds. The normalized spacial score (nSPS) is 10.8. The van der Waals surface area contributed by atoms with E-state index in [4.69, 9.17) is 16.3 Å². The van der Waals surface area contributed by atoms with Gasteiger partial charge in [0.05, 0.1) is 23.5 Å². The molecule has 4 rings (SSSR count). The Hall–Kier alpha value is -2.93. The summed E-state index contributed by atoms with van der Waals surface area (Å²) in [6.07, 6.45) is 3.89. The van der Waals surface area contributed by atoms with Crippen molar-refractivity contribution in [3.05, 3.63) is 112 Å². The highest BCUT2D eigenvalue weighted by Gasteiger charge is 2.31. The molecule has 34 heavy (non-hydrogen) atoms. The van der Waals surface area contributed by atoms with Gasteiger partial charge in [-0.25, -0.2) is 0 Å². The van der Waals surface area contributed by atoms with Gasteiger partial charge < -0.3 is 4.74 Å². The number of ether oxygens (including phenoxy) is 1. The Kier molecular flexibility index (Phi) is 8.16. The van der Waals surface area contributed by atoms with E-state index in [1.807, 2.05) is 77.6 Å². The fourth-order valence-corrected chi connectivity index (χ4v) is 6.15. The molecule has 0 saturated heterocycles. The largest absolute Gasteiger partial charge is 0.466 e. The number of ketones is 1. The molecular formula is C27H23ClNO3S2+. The number of nitrogens with zero attached hydrogens (tertiary/aromatic N) is 1. The summed E-state index contributed by atoms with van der Waals surface area (Å²) in [5, 5.41) is 0.692. The number of esters is 1. The first-order valence-electron chi connectivity index (χ1n) is 10.8. The van der Waals surface area contributed by atoms with Gasteiger partial charge in [0.2, 0.25) is 11.5 Å². The predicted molar refractivity (Wildman–Crippen MR) is 137 cm³/mol. The third-order valence-corrected chi connectivity index (χ3v) is 7.88. The minimum absolute atomic E-state index is 0.0248. The molecule has 0 saturated carbocycles. The van der Waals surface area contributed by atoms with Crippen molar-refractivity contribution in [2.24, 2.45) is 0 Å². The zero-order valence-electron chi connectivity index (χ0n) is 18.6. The first-order chi connectivity index (χ1) is 16.6. The minimum Gasteiger partial charge on any atom is -0.466 e. The van der Waals surface area contributed by atoms with Gasteiger partial charge in [0.1, 0.15) is 4.21 Å². The molecule has 172 valence electrons. The zero-order valence-corrected chi connectivity index (χ0v) is 21.0.